The summed E-state index contributed by atoms with van der Waals surface area (Å²) in [5, 5.41) is 5.00. The number of hydrogen-bond acceptors (Lipinski definition) is 4. The van der Waals surface area contributed by atoms with Crippen LogP contribution in [-0.2, 0) is 4.74 Å². The molecule has 134 valence electrons. The third-order valence-electron chi connectivity index (χ3n) is 4.03. The van der Waals surface area contributed by atoms with E-state index in [0.29, 0.717) is 17.2 Å². The molecule has 1 heterocycles. The molecule has 0 saturated carbocycles. The number of aryl methyl sites for hydroxylation is 1. The number of fused-ring (bicyclic) bond motifs is 1. The molecule has 0 amide bonds. The lowest BCUT2D eigenvalue weighted by Crippen LogP contribution is -2.06. The fraction of sp³-hybridized carbons (Fsp3) is 0.238. The molecular formula is C21H21ClN2O2. The summed E-state index contributed by atoms with van der Waals surface area (Å²) in [4.78, 5) is 16.5. The fourth-order valence-corrected chi connectivity index (χ4v) is 2.84. The number of rotatable bonds is 6. The summed E-state index contributed by atoms with van der Waals surface area (Å²) in [6, 6.07) is 14.9. The number of anilines is 2. The van der Waals surface area contributed by atoms with Gasteiger partial charge in [-0.05, 0) is 61.9 Å². The minimum Gasteiger partial charge on any atom is -0.462 e. The van der Waals surface area contributed by atoms with E-state index in [2.05, 4.69) is 17.2 Å². The molecule has 3 rings (SSSR count). The highest BCUT2D eigenvalue weighted by atomic mass is 35.5. The highest BCUT2D eigenvalue weighted by molar-refractivity contribution is 6.31. The van der Waals surface area contributed by atoms with Gasteiger partial charge in [0.1, 0.15) is 0 Å². The van der Waals surface area contributed by atoms with Crippen molar-refractivity contribution in [2.45, 2.75) is 26.7 Å². The Morgan fingerprint density at radius 2 is 1.92 bits per heavy atom. The Labute approximate surface area is 158 Å². The standard InChI is InChI=1S/C21H21ClN2O2/c1-3-4-11-26-21(25)15-5-8-17(9-6-15)24-20-12-14(2)23-19-10-7-16(22)13-18(19)20/h5-10,12-13H,3-4,11H2,1-2H3,(H,23,24). The number of carbonyl (C=O) groups excluding carboxylic acids is 1. The van der Waals surface area contributed by atoms with E-state index in [-0.39, 0.29) is 5.97 Å². The minimum absolute atomic E-state index is 0.290. The van der Waals surface area contributed by atoms with Crippen molar-refractivity contribution in [3.05, 3.63) is 64.8 Å². The lowest BCUT2D eigenvalue weighted by Gasteiger charge is -2.12. The predicted molar refractivity (Wildman–Crippen MR) is 106 cm³/mol. The molecule has 2 aromatic carbocycles. The molecule has 4 nitrogen and oxygen atoms in total. The van der Waals surface area contributed by atoms with E-state index in [4.69, 9.17) is 16.3 Å². The van der Waals surface area contributed by atoms with Crippen LogP contribution in [0.3, 0.4) is 0 Å². The Morgan fingerprint density at radius 3 is 2.65 bits per heavy atom. The predicted octanol–water partition coefficient (Wildman–Crippen LogP) is 5.90. The number of nitrogens with zero attached hydrogens (tertiary/aromatic N) is 1. The summed E-state index contributed by atoms with van der Waals surface area (Å²) >= 11 is 6.13. The van der Waals surface area contributed by atoms with E-state index in [1.807, 2.05) is 43.3 Å². The Balaban J connectivity index is 1.80. The first-order valence-electron chi connectivity index (χ1n) is 8.68. The van der Waals surface area contributed by atoms with Crippen LogP contribution in [0, 0.1) is 6.92 Å². The lowest BCUT2D eigenvalue weighted by molar-refractivity contribution is 0.0500. The van der Waals surface area contributed by atoms with Crippen LogP contribution in [0.25, 0.3) is 10.9 Å². The van der Waals surface area contributed by atoms with Gasteiger partial charge < -0.3 is 10.1 Å². The molecule has 0 aliphatic heterocycles. The van der Waals surface area contributed by atoms with Gasteiger partial charge in [0.2, 0.25) is 0 Å². The van der Waals surface area contributed by atoms with Crippen molar-refractivity contribution < 1.29 is 9.53 Å². The molecule has 0 spiro atoms. The molecule has 5 heteroatoms. The molecule has 0 aliphatic rings. The van der Waals surface area contributed by atoms with Gasteiger partial charge in [-0.15, -0.1) is 0 Å². The van der Waals surface area contributed by atoms with Gasteiger partial charge in [0.15, 0.2) is 0 Å². The van der Waals surface area contributed by atoms with Gasteiger partial charge >= 0.3 is 5.97 Å². The molecule has 0 bridgehead atoms. The first-order valence-corrected chi connectivity index (χ1v) is 9.05. The summed E-state index contributed by atoms with van der Waals surface area (Å²) in [5.74, 6) is -0.290. The van der Waals surface area contributed by atoms with Crippen LogP contribution in [0.1, 0.15) is 35.8 Å². The van der Waals surface area contributed by atoms with Crippen LogP contribution < -0.4 is 5.32 Å². The Kier molecular flexibility index (Phi) is 5.74. The topological polar surface area (TPSA) is 51.2 Å². The third-order valence-corrected chi connectivity index (χ3v) is 4.26. The van der Waals surface area contributed by atoms with Crippen molar-refractivity contribution in [3.8, 4) is 0 Å². The Hall–Kier alpha value is -2.59. The van der Waals surface area contributed by atoms with Crippen LogP contribution >= 0.6 is 11.6 Å². The van der Waals surface area contributed by atoms with Crippen molar-refractivity contribution in [1.82, 2.24) is 4.98 Å². The van der Waals surface area contributed by atoms with Gasteiger partial charge in [-0.3, -0.25) is 4.98 Å². The number of aromatic nitrogens is 1. The number of ether oxygens (including phenoxy) is 1. The van der Waals surface area contributed by atoms with Gasteiger partial charge in [0.05, 0.1) is 17.7 Å². The van der Waals surface area contributed by atoms with E-state index >= 15 is 0 Å². The molecule has 0 radical (unpaired) electrons. The van der Waals surface area contributed by atoms with Crippen LogP contribution in [0.5, 0.6) is 0 Å². The van der Waals surface area contributed by atoms with Crippen molar-refractivity contribution in [3.63, 3.8) is 0 Å². The third kappa shape index (κ3) is 4.33. The van der Waals surface area contributed by atoms with Gasteiger partial charge in [0, 0.05) is 27.5 Å². The highest BCUT2D eigenvalue weighted by Crippen LogP contribution is 2.29. The summed E-state index contributed by atoms with van der Waals surface area (Å²) in [5.41, 5.74) is 4.15. The molecule has 1 N–H and O–H groups in total. The molecule has 0 fully saturated rings. The molecule has 3 aromatic rings. The molecule has 0 aliphatic carbocycles. The van der Waals surface area contributed by atoms with Crippen LogP contribution in [-0.4, -0.2) is 17.6 Å². The summed E-state index contributed by atoms with van der Waals surface area (Å²) < 4.78 is 5.23. The smallest absolute Gasteiger partial charge is 0.338 e. The minimum atomic E-state index is -0.290. The van der Waals surface area contributed by atoms with Gasteiger partial charge in [0.25, 0.3) is 0 Å². The zero-order valence-corrected chi connectivity index (χ0v) is 15.6. The molecule has 1 aromatic heterocycles. The highest BCUT2D eigenvalue weighted by Gasteiger charge is 2.08. The van der Waals surface area contributed by atoms with Crippen molar-refractivity contribution >= 4 is 39.8 Å². The first kappa shape index (κ1) is 18.2. The zero-order chi connectivity index (χ0) is 18.5. The van der Waals surface area contributed by atoms with Crippen molar-refractivity contribution in [2.24, 2.45) is 0 Å². The van der Waals surface area contributed by atoms with Crippen molar-refractivity contribution in [1.29, 1.82) is 0 Å². The average molecular weight is 369 g/mol. The van der Waals surface area contributed by atoms with Crippen molar-refractivity contribution in [2.75, 3.05) is 11.9 Å². The van der Waals surface area contributed by atoms with E-state index in [1.165, 1.54) is 0 Å². The second-order valence-electron chi connectivity index (χ2n) is 6.16. The van der Waals surface area contributed by atoms with E-state index < -0.39 is 0 Å². The van der Waals surface area contributed by atoms with E-state index in [0.717, 1.165) is 40.8 Å². The van der Waals surface area contributed by atoms with Crippen LogP contribution in [0.15, 0.2) is 48.5 Å². The summed E-state index contributed by atoms with van der Waals surface area (Å²) in [7, 11) is 0. The van der Waals surface area contributed by atoms with Crippen LogP contribution in [0.4, 0.5) is 11.4 Å². The number of esters is 1. The van der Waals surface area contributed by atoms with Gasteiger partial charge in [-0.1, -0.05) is 24.9 Å². The number of halogens is 1. The molecular weight excluding hydrogens is 348 g/mol. The summed E-state index contributed by atoms with van der Waals surface area (Å²) in [6.45, 7) is 4.47. The number of pyridine rings is 1. The van der Waals surface area contributed by atoms with E-state index in [1.54, 1.807) is 12.1 Å². The number of nitrogens with one attached hydrogen (secondary N) is 1. The SMILES string of the molecule is CCCCOC(=O)c1ccc(Nc2cc(C)nc3ccc(Cl)cc23)cc1. The number of carbonyl (C=O) groups is 1. The largest absolute Gasteiger partial charge is 0.462 e. The second-order valence-corrected chi connectivity index (χ2v) is 6.60. The maximum absolute atomic E-state index is 12.0. The number of benzene rings is 2. The maximum atomic E-state index is 12.0. The second kappa shape index (κ2) is 8.19. The zero-order valence-electron chi connectivity index (χ0n) is 14.9. The molecule has 0 unspecified atom stereocenters. The maximum Gasteiger partial charge on any atom is 0.338 e. The Morgan fingerprint density at radius 1 is 1.15 bits per heavy atom. The van der Waals surface area contributed by atoms with E-state index in [9.17, 15) is 4.79 Å². The monoisotopic (exact) mass is 368 g/mol. The summed E-state index contributed by atoms with van der Waals surface area (Å²) in [6.07, 6.45) is 1.88. The normalized spacial score (nSPS) is 10.7. The molecule has 0 saturated heterocycles. The Bertz CT molecular complexity index is 923. The van der Waals surface area contributed by atoms with Gasteiger partial charge in [-0.25, -0.2) is 4.79 Å². The quantitative estimate of drug-likeness (QED) is 0.435. The molecule has 0 atom stereocenters. The van der Waals surface area contributed by atoms with Gasteiger partial charge in [-0.2, -0.15) is 0 Å². The van der Waals surface area contributed by atoms with Crippen LogP contribution in [0.2, 0.25) is 5.02 Å². The lowest BCUT2D eigenvalue weighted by atomic mass is 10.1. The average Bonchev–Trinajstić information content (AvgIpc) is 2.63. The fourth-order valence-electron chi connectivity index (χ4n) is 2.67. The number of hydrogen-bond donors (Lipinski definition) is 1. The molecule has 26 heavy (non-hydrogen) atoms. The number of unbranched alkanes of at least 4 members (excludes halogenated alkanes) is 1. The first-order chi connectivity index (χ1) is 12.6.